The highest BCUT2D eigenvalue weighted by Gasteiger charge is 2.46. The maximum Gasteiger partial charge on any atom is 0.412 e. The third-order valence-electron chi connectivity index (χ3n) is 5.59. The number of aromatic nitrogens is 2. The molecule has 0 saturated carbocycles. The van der Waals surface area contributed by atoms with Crippen LogP contribution in [0.15, 0.2) is 34.1 Å². The van der Waals surface area contributed by atoms with E-state index in [0.717, 1.165) is 21.8 Å². The molecule has 168 valence electrons. The van der Waals surface area contributed by atoms with Crippen LogP contribution in [0.3, 0.4) is 0 Å². The standard InChI is InChI=1S/C20H20ClN5O4S2/c1-26(29)8-6-24(7-9-26)20(28)30-19-16-15(31-10-11-32-16)18(27)25(19)14-5-3-12-2-4-13(21)22-17(12)23-14/h2-5,19H,6-11H2,1H3. The number of carbonyl (C=O) groups excluding carboxylic acids is 2. The normalized spacial score (nSPS) is 23.0. The Morgan fingerprint density at radius 2 is 1.91 bits per heavy atom. The molecule has 3 aliphatic heterocycles. The number of ether oxygens (including phenoxy) is 1. The van der Waals surface area contributed by atoms with E-state index in [1.54, 1.807) is 25.2 Å². The fourth-order valence-electron chi connectivity index (χ4n) is 3.79. The first kappa shape index (κ1) is 21.8. The van der Waals surface area contributed by atoms with Gasteiger partial charge in [0.2, 0.25) is 6.23 Å². The first-order valence-electron chi connectivity index (χ1n) is 10.1. The van der Waals surface area contributed by atoms with Crippen LogP contribution in [0.1, 0.15) is 0 Å². The Labute approximate surface area is 197 Å². The summed E-state index contributed by atoms with van der Waals surface area (Å²) >= 11 is 9.01. The second-order valence-corrected chi connectivity index (χ2v) is 10.5. The Bertz CT molecular complexity index is 1130. The lowest BCUT2D eigenvalue weighted by Gasteiger charge is -2.44. The average molecular weight is 494 g/mol. The SMILES string of the molecule is C[N+]1([O-])CCN(C(=O)OC2C3=C(SCCS3)C(=O)N2c2ccc3ccc(Cl)nc3n2)CC1. The molecule has 5 heterocycles. The van der Waals surface area contributed by atoms with Crippen LogP contribution in [0.25, 0.3) is 11.0 Å². The lowest BCUT2D eigenvalue weighted by Crippen LogP contribution is -2.56. The van der Waals surface area contributed by atoms with Gasteiger partial charge in [0.05, 0.1) is 43.0 Å². The zero-order valence-corrected chi connectivity index (χ0v) is 19.6. The molecule has 9 nitrogen and oxygen atoms in total. The fourth-order valence-corrected chi connectivity index (χ4v) is 6.35. The van der Waals surface area contributed by atoms with Crippen molar-refractivity contribution < 1.29 is 19.0 Å². The molecule has 0 bridgehead atoms. The molecule has 1 fully saturated rings. The summed E-state index contributed by atoms with van der Waals surface area (Å²) in [7, 11) is 1.60. The van der Waals surface area contributed by atoms with Gasteiger partial charge < -0.3 is 14.6 Å². The molecule has 0 aromatic carbocycles. The third-order valence-corrected chi connectivity index (χ3v) is 8.40. The van der Waals surface area contributed by atoms with E-state index in [2.05, 4.69) is 9.97 Å². The summed E-state index contributed by atoms with van der Waals surface area (Å²) in [5, 5.41) is 13.2. The number of carbonyl (C=O) groups is 2. The van der Waals surface area contributed by atoms with E-state index in [0.29, 0.717) is 47.7 Å². The molecule has 1 saturated heterocycles. The van der Waals surface area contributed by atoms with Crippen LogP contribution in [0, 0.1) is 5.21 Å². The molecule has 3 aliphatic rings. The van der Waals surface area contributed by atoms with Gasteiger partial charge in [0.15, 0.2) is 5.65 Å². The topological polar surface area (TPSA) is 98.7 Å². The first-order chi connectivity index (χ1) is 15.3. The van der Waals surface area contributed by atoms with Crippen molar-refractivity contribution in [1.82, 2.24) is 14.9 Å². The maximum absolute atomic E-state index is 13.3. The van der Waals surface area contributed by atoms with E-state index < -0.39 is 12.3 Å². The molecule has 0 spiro atoms. The minimum atomic E-state index is -0.901. The highest BCUT2D eigenvalue weighted by atomic mass is 35.5. The van der Waals surface area contributed by atoms with E-state index in [1.807, 2.05) is 6.07 Å². The minimum Gasteiger partial charge on any atom is -0.633 e. The number of hydrogen-bond acceptors (Lipinski definition) is 8. The Morgan fingerprint density at radius 3 is 2.69 bits per heavy atom. The van der Waals surface area contributed by atoms with Gasteiger partial charge in [-0.3, -0.25) is 9.69 Å². The zero-order chi connectivity index (χ0) is 22.5. The van der Waals surface area contributed by atoms with Crippen molar-refractivity contribution in [2.75, 3.05) is 49.6 Å². The second kappa shape index (κ2) is 8.38. The summed E-state index contributed by atoms with van der Waals surface area (Å²) in [4.78, 5) is 39.3. The van der Waals surface area contributed by atoms with Crippen LogP contribution in [-0.2, 0) is 9.53 Å². The van der Waals surface area contributed by atoms with Crippen molar-refractivity contribution >= 4 is 64.0 Å². The number of hydrogen-bond donors (Lipinski definition) is 0. The number of thioether (sulfide) groups is 2. The predicted molar refractivity (Wildman–Crippen MR) is 125 cm³/mol. The number of piperazine rings is 1. The number of likely N-dealkylation sites (N-methyl/N-ethyl adjacent to an activating group) is 1. The van der Waals surface area contributed by atoms with Crippen molar-refractivity contribution in [2.24, 2.45) is 0 Å². The number of anilines is 1. The number of nitrogens with zero attached hydrogens (tertiary/aromatic N) is 5. The molecular weight excluding hydrogens is 474 g/mol. The van der Waals surface area contributed by atoms with Gasteiger partial charge in [-0.05, 0) is 24.3 Å². The number of amides is 2. The number of fused-ring (bicyclic) bond motifs is 1. The van der Waals surface area contributed by atoms with Crippen molar-refractivity contribution in [2.45, 2.75) is 6.23 Å². The van der Waals surface area contributed by atoms with Crippen molar-refractivity contribution in [1.29, 1.82) is 0 Å². The van der Waals surface area contributed by atoms with Crippen LogP contribution < -0.4 is 4.90 Å². The maximum atomic E-state index is 13.3. The van der Waals surface area contributed by atoms with E-state index in [4.69, 9.17) is 16.3 Å². The molecule has 0 N–H and O–H groups in total. The molecule has 2 aromatic heterocycles. The number of pyridine rings is 2. The summed E-state index contributed by atoms with van der Waals surface area (Å²) in [5.41, 5.74) is 0.404. The Hall–Kier alpha value is -2.05. The Kier molecular flexibility index (Phi) is 5.70. The Balaban J connectivity index is 1.46. The van der Waals surface area contributed by atoms with Gasteiger partial charge in [0, 0.05) is 16.9 Å². The monoisotopic (exact) mass is 493 g/mol. The molecular formula is C20H20ClN5O4S2. The molecule has 0 radical (unpaired) electrons. The van der Waals surface area contributed by atoms with Gasteiger partial charge in [-0.1, -0.05) is 11.6 Å². The number of quaternary nitrogens is 1. The minimum absolute atomic E-state index is 0.244. The summed E-state index contributed by atoms with van der Waals surface area (Å²) < 4.78 is 5.49. The van der Waals surface area contributed by atoms with Gasteiger partial charge in [0.1, 0.15) is 11.0 Å². The van der Waals surface area contributed by atoms with Gasteiger partial charge in [-0.25, -0.2) is 19.7 Å². The van der Waals surface area contributed by atoms with Crippen molar-refractivity contribution in [3.8, 4) is 0 Å². The van der Waals surface area contributed by atoms with Crippen LogP contribution >= 0.6 is 35.1 Å². The van der Waals surface area contributed by atoms with Crippen LogP contribution in [0.4, 0.5) is 10.6 Å². The van der Waals surface area contributed by atoms with E-state index in [9.17, 15) is 14.8 Å². The van der Waals surface area contributed by atoms with Gasteiger partial charge in [-0.2, -0.15) is 0 Å². The largest absolute Gasteiger partial charge is 0.633 e. The molecule has 12 heteroatoms. The fraction of sp³-hybridized carbons (Fsp3) is 0.400. The highest BCUT2D eigenvalue weighted by molar-refractivity contribution is 8.10. The number of halogens is 1. The molecule has 1 atom stereocenters. The highest BCUT2D eigenvalue weighted by Crippen LogP contribution is 2.45. The van der Waals surface area contributed by atoms with Crippen molar-refractivity contribution in [3.05, 3.63) is 44.4 Å². The summed E-state index contributed by atoms with van der Waals surface area (Å²) in [6.07, 6.45) is -1.44. The van der Waals surface area contributed by atoms with Crippen LogP contribution in [0.2, 0.25) is 5.15 Å². The first-order valence-corrected chi connectivity index (χ1v) is 12.5. The summed E-state index contributed by atoms with van der Waals surface area (Å²) in [6.45, 7) is 1.23. The Morgan fingerprint density at radius 1 is 1.19 bits per heavy atom. The molecule has 2 amide bonds. The molecule has 32 heavy (non-hydrogen) atoms. The van der Waals surface area contributed by atoms with E-state index in [1.165, 1.54) is 33.3 Å². The molecule has 0 aliphatic carbocycles. The lowest BCUT2D eigenvalue weighted by molar-refractivity contribution is -0.864. The van der Waals surface area contributed by atoms with E-state index >= 15 is 0 Å². The third kappa shape index (κ3) is 4.03. The van der Waals surface area contributed by atoms with Gasteiger partial charge >= 0.3 is 6.09 Å². The molecule has 2 aromatic rings. The van der Waals surface area contributed by atoms with Gasteiger partial charge in [-0.15, -0.1) is 23.5 Å². The number of rotatable bonds is 2. The van der Waals surface area contributed by atoms with Gasteiger partial charge in [0.25, 0.3) is 5.91 Å². The van der Waals surface area contributed by atoms with Crippen LogP contribution in [-0.4, -0.2) is 82.5 Å². The van der Waals surface area contributed by atoms with Crippen LogP contribution in [0.5, 0.6) is 0 Å². The van der Waals surface area contributed by atoms with E-state index in [-0.39, 0.29) is 10.6 Å². The summed E-state index contributed by atoms with van der Waals surface area (Å²) in [5.74, 6) is 1.72. The lowest BCUT2D eigenvalue weighted by atomic mass is 10.3. The summed E-state index contributed by atoms with van der Waals surface area (Å²) in [6, 6.07) is 7.00. The number of hydroxylamine groups is 3. The smallest absolute Gasteiger partial charge is 0.412 e. The quantitative estimate of drug-likeness (QED) is 0.357. The van der Waals surface area contributed by atoms with Crippen molar-refractivity contribution in [3.63, 3.8) is 0 Å². The predicted octanol–water partition coefficient (Wildman–Crippen LogP) is 3.04. The zero-order valence-electron chi connectivity index (χ0n) is 17.2. The molecule has 1 unspecified atom stereocenters. The molecule has 5 rings (SSSR count). The second-order valence-electron chi connectivity index (χ2n) is 7.88. The average Bonchev–Trinajstić information content (AvgIpc) is 3.05.